The number of hydrogen-bond acceptors (Lipinski definition) is 0. The summed E-state index contributed by atoms with van der Waals surface area (Å²) < 4.78 is 0. The predicted molar refractivity (Wildman–Crippen MR) is 88.4 cm³/mol. The molecule has 0 nitrogen and oxygen atoms in total. The first-order chi connectivity index (χ1) is 8.30. The summed E-state index contributed by atoms with van der Waals surface area (Å²) >= 11 is 0. The van der Waals surface area contributed by atoms with Crippen LogP contribution in [0.3, 0.4) is 0 Å². The smallest absolute Gasteiger partial charge is 0.0135 e. The van der Waals surface area contributed by atoms with Crippen LogP contribution < -0.4 is 5.30 Å². The van der Waals surface area contributed by atoms with Gasteiger partial charge in [0.25, 0.3) is 0 Å². The molecule has 1 aromatic carbocycles. The van der Waals surface area contributed by atoms with E-state index in [0.717, 1.165) is 8.58 Å². The second-order valence-electron chi connectivity index (χ2n) is 5.95. The molecule has 0 bridgehead atoms. The third-order valence-corrected chi connectivity index (χ3v) is 7.98. The average Bonchev–Trinajstić information content (AvgIpc) is 2.45. The van der Waals surface area contributed by atoms with Crippen LogP contribution in [0.5, 0.6) is 0 Å². The zero-order valence-corrected chi connectivity index (χ0v) is 14.2. The van der Waals surface area contributed by atoms with Gasteiger partial charge in [-0.25, -0.2) is 0 Å². The minimum absolute atomic E-state index is 0.251. The molecule has 2 rings (SSSR count). The molecule has 1 aliphatic carbocycles. The molecule has 0 spiro atoms. The highest BCUT2D eigenvalue weighted by molar-refractivity contribution is 7.49. The maximum Gasteiger partial charge on any atom is 0.0135 e. The number of hydrogen-bond donors (Lipinski definition) is 0. The van der Waals surface area contributed by atoms with Gasteiger partial charge in [-0.1, -0.05) is 70.8 Å². The van der Waals surface area contributed by atoms with Gasteiger partial charge in [0.1, 0.15) is 0 Å². The molecule has 5 atom stereocenters. The molecule has 98 valence electrons. The zero-order chi connectivity index (χ0) is 13.6. The molecule has 0 radical (unpaired) electrons. The minimum Gasteiger partial charge on any atom is -0.127 e. The van der Waals surface area contributed by atoms with E-state index in [9.17, 15) is 0 Å². The van der Waals surface area contributed by atoms with Crippen molar-refractivity contribution in [2.24, 2.45) is 5.92 Å². The van der Waals surface area contributed by atoms with Gasteiger partial charge in [-0.15, -0.1) is 9.24 Å². The Morgan fingerprint density at radius 3 is 2.06 bits per heavy atom. The van der Waals surface area contributed by atoms with Gasteiger partial charge in [0.2, 0.25) is 0 Å². The topological polar surface area (TPSA) is 0 Å². The second kappa shape index (κ2) is 4.73. The number of rotatable bonds is 2. The highest BCUT2D eigenvalue weighted by Gasteiger charge is 2.49. The minimum atomic E-state index is 0.251. The highest BCUT2D eigenvalue weighted by atomic mass is 31.1. The summed E-state index contributed by atoms with van der Waals surface area (Å²) in [6.45, 7) is 11.8. The Balaban J connectivity index is 2.38. The van der Waals surface area contributed by atoms with E-state index in [1.54, 1.807) is 11.1 Å². The van der Waals surface area contributed by atoms with E-state index < -0.39 is 0 Å². The Morgan fingerprint density at radius 1 is 1.06 bits per heavy atom. The third-order valence-electron chi connectivity index (χ3n) is 5.09. The van der Waals surface area contributed by atoms with Gasteiger partial charge >= 0.3 is 0 Å². The van der Waals surface area contributed by atoms with Crippen molar-refractivity contribution in [2.75, 3.05) is 0 Å². The summed E-state index contributed by atoms with van der Waals surface area (Å²) in [7, 11) is 3.94. The van der Waals surface area contributed by atoms with Crippen LogP contribution in [0.25, 0.3) is 0 Å². The molecule has 0 fully saturated rings. The molecular weight excluding hydrogens is 254 g/mol. The maximum absolute atomic E-state index is 3.09. The quantitative estimate of drug-likeness (QED) is 0.556. The second-order valence-corrected chi connectivity index (χ2v) is 9.01. The lowest BCUT2D eigenvalue weighted by atomic mass is 9.88. The molecule has 0 saturated carbocycles. The van der Waals surface area contributed by atoms with E-state index in [0.29, 0.717) is 11.1 Å². The van der Waals surface area contributed by atoms with Crippen molar-refractivity contribution in [1.29, 1.82) is 0 Å². The lowest BCUT2D eigenvalue weighted by molar-refractivity contribution is 0.449. The van der Waals surface area contributed by atoms with Crippen molar-refractivity contribution in [2.45, 2.75) is 44.9 Å². The van der Waals surface area contributed by atoms with Crippen LogP contribution in [-0.4, -0.2) is 10.3 Å². The van der Waals surface area contributed by atoms with E-state index in [-0.39, 0.29) is 5.16 Å². The van der Waals surface area contributed by atoms with Crippen molar-refractivity contribution in [3.63, 3.8) is 0 Å². The molecule has 5 unspecified atom stereocenters. The van der Waals surface area contributed by atoms with Crippen LogP contribution in [0, 0.1) is 5.92 Å². The predicted octanol–water partition coefficient (Wildman–Crippen LogP) is 4.37. The van der Waals surface area contributed by atoms with Crippen molar-refractivity contribution in [3.8, 4) is 0 Å². The van der Waals surface area contributed by atoms with Gasteiger partial charge in [-0.3, -0.25) is 0 Å². The summed E-state index contributed by atoms with van der Waals surface area (Å²) in [5, 5.41) is 2.03. The Morgan fingerprint density at radius 2 is 1.61 bits per heavy atom. The molecule has 0 N–H and O–H groups in total. The molecule has 0 aromatic heterocycles. The van der Waals surface area contributed by atoms with Crippen molar-refractivity contribution < 1.29 is 0 Å². The fourth-order valence-electron chi connectivity index (χ4n) is 3.07. The van der Waals surface area contributed by atoms with Crippen LogP contribution >= 0.6 is 17.8 Å². The first-order valence-electron chi connectivity index (χ1n) is 6.60. The van der Waals surface area contributed by atoms with E-state index in [1.807, 2.05) is 0 Å². The lowest BCUT2D eigenvalue weighted by Crippen LogP contribution is -2.35. The summed E-state index contributed by atoms with van der Waals surface area (Å²) in [6.07, 6.45) is 0. The molecule has 1 aliphatic rings. The molecule has 1 aromatic rings. The van der Waals surface area contributed by atoms with Crippen molar-refractivity contribution in [1.82, 2.24) is 0 Å². The van der Waals surface area contributed by atoms with Gasteiger partial charge < -0.3 is 0 Å². The van der Waals surface area contributed by atoms with Crippen LogP contribution in [0.1, 0.15) is 34.6 Å². The third kappa shape index (κ3) is 2.09. The summed E-state index contributed by atoms with van der Waals surface area (Å²) in [4.78, 5) is 0. The number of benzene rings is 1. The fraction of sp³-hybridized carbons (Fsp3) is 0.500. The van der Waals surface area contributed by atoms with Gasteiger partial charge in [0.15, 0.2) is 0 Å². The molecule has 0 aliphatic heterocycles. The lowest BCUT2D eigenvalue weighted by Gasteiger charge is -2.37. The highest BCUT2D eigenvalue weighted by Crippen LogP contribution is 2.58. The van der Waals surface area contributed by atoms with Crippen LogP contribution in [0.15, 0.2) is 41.5 Å². The van der Waals surface area contributed by atoms with Crippen molar-refractivity contribution >= 4 is 23.1 Å². The zero-order valence-electron chi connectivity index (χ0n) is 12.0. The molecule has 18 heavy (non-hydrogen) atoms. The normalized spacial score (nSPS) is 36.9. The Kier molecular flexibility index (Phi) is 3.74. The summed E-state index contributed by atoms with van der Waals surface area (Å²) in [5.74, 6) is 0.661. The first kappa shape index (κ1) is 14.2. The Bertz CT molecular complexity index is 473. The van der Waals surface area contributed by atoms with Crippen LogP contribution in [-0.2, 0) is 0 Å². The summed E-state index contributed by atoms with van der Waals surface area (Å²) in [5.41, 5.74) is 3.15. The first-order valence-corrected chi connectivity index (χ1v) is 8.18. The fourth-order valence-corrected chi connectivity index (χ4v) is 5.63. The Hall–Kier alpha value is -0.180. The van der Waals surface area contributed by atoms with Gasteiger partial charge in [0, 0.05) is 10.3 Å². The van der Waals surface area contributed by atoms with Gasteiger partial charge in [0.05, 0.1) is 0 Å². The SMILES string of the molecule is CC1=C(C)C(C)(Pc2ccccc2)C(C)C1(C)P. The number of allylic oxidation sites excluding steroid dienone is 2. The molecule has 0 saturated heterocycles. The largest absolute Gasteiger partial charge is 0.127 e. The van der Waals surface area contributed by atoms with E-state index >= 15 is 0 Å². The van der Waals surface area contributed by atoms with E-state index in [1.165, 1.54) is 5.30 Å². The molecule has 0 heterocycles. The monoisotopic (exact) mass is 278 g/mol. The van der Waals surface area contributed by atoms with Gasteiger partial charge in [-0.2, -0.15) is 0 Å². The van der Waals surface area contributed by atoms with E-state index in [2.05, 4.69) is 74.2 Å². The van der Waals surface area contributed by atoms with Gasteiger partial charge in [-0.05, 0) is 25.1 Å². The standard InChI is InChI=1S/C16H24P2/c1-11-12(2)16(5,13(3)15(11,4)17)18-14-9-7-6-8-10-14/h6-10,13,18H,17H2,1-5H3. The molecule has 2 heteroatoms. The van der Waals surface area contributed by atoms with Crippen LogP contribution in [0.4, 0.5) is 0 Å². The molecular formula is C16H24P2. The Labute approximate surface area is 116 Å². The average molecular weight is 278 g/mol. The summed E-state index contributed by atoms with van der Waals surface area (Å²) in [6, 6.07) is 10.9. The maximum atomic E-state index is 3.09. The van der Waals surface area contributed by atoms with E-state index in [4.69, 9.17) is 0 Å². The van der Waals surface area contributed by atoms with Crippen molar-refractivity contribution in [3.05, 3.63) is 41.5 Å². The van der Waals surface area contributed by atoms with Crippen LogP contribution in [0.2, 0.25) is 0 Å². The molecule has 0 amide bonds.